The zero-order chi connectivity index (χ0) is 19.3. The van der Waals surface area contributed by atoms with Crippen molar-refractivity contribution in [2.75, 3.05) is 19.5 Å². The number of methoxy groups -OCH3 is 2. The van der Waals surface area contributed by atoms with Crippen LogP contribution in [0.4, 0.5) is 5.13 Å². The summed E-state index contributed by atoms with van der Waals surface area (Å²) < 4.78 is 15.1. The molecule has 4 bridgehead atoms. The molecule has 4 fully saturated rings. The average molecular weight is 400 g/mol. The summed E-state index contributed by atoms with van der Waals surface area (Å²) in [5, 5.41) is 3.66. The minimum Gasteiger partial charge on any atom is -0.493 e. The molecule has 28 heavy (non-hydrogen) atoms. The number of hydrogen-bond acceptors (Lipinski definition) is 6. The van der Waals surface area contributed by atoms with Crippen molar-refractivity contribution in [2.24, 2.45) is 23.2 Å². The summed E-state index contributed by atoms with van der Waals surface area (Å²) in [6.07, 6.45) is 7.13. The van der Waals surface area contributed by atoms with Gasteiger partial charge in [0.2, 0.25) is 11.0 Å². The van der Waals surface area contributed by atoms with Gasteiger partial charge in [-0.2, -0.15) is 9.36 Å². The molecule has 1 aromatic heterocycles. The van der Waals surface area contributed by atoms with Gasteiger partial charge < -0.3 is 14.8 Å². The molecule has 1 N–H and O–H groups in total. The summed E-state index contributed by atoms with van der Waals surface area (Å²) >= 11 is 1.24. The van der Waals surface area contributed by atoms with Crippen LogP contribution in [0.15, 0.2) is 18.2 Å². The van der Waals surface area contributed by atoms with E-state index in [9.17, 15) is 4.79 Å². The van der Waals surface area contributed by atoms with Crippen molar-refractivity contribution in [3.8, 4) is 22.9 Å². The van der Waals surface area contributed by atoms with Gasteiger partial charge in [-0.25, -0.2) is 0 Å². The second kappa shape index (κ2) is 6.72. The molecular weight excluding hydrogens is 374 g/mol. The number of amides is 1. The molecule has 0 atom stereocenters. The summed E-state index contributed by atoms with van der Waals surface area (Å²) in [6.45, 7) is 0. The molecule has 1 amide bonds. The maximum atomic E-state index is 13.2. The van der Waals surface area contributed by atoms with E-state index in [-0.39, 0.29) is 11.3 Å². The first-order valence-corrected chi connectivity index (χ1v) is 10.7. The fraction of sp³-hybridized carbons (Fsp3) is 0.571. The summed E-state index contributed by atoms with van der Waals surface area (Å²) in [5.74, 6) is 4.27. The zero-order valence-electron chi connectivity index (χ0n) is 16.2. The molecule has 4 aliphatic carbocycles. The second-order valence-electron chi connectivity index (χ2n) is 8.64. The largest absolute Gasteiger partial charge is 0.493 e. The molecule has 1 heterocycles. The highest BCUT2D eigenvalue weighted by molar-refractivity contribution is 7.10. The molecule has 4 aliphatic rings. The van der Waals surface area contributed by atoms with Crippen LogP contribution in [0, 0.1) is 23.2 Å². The Morgan fingerprint density at radius 1 is 1.07 bits per heavy atom. The van der Waals surface area contributed by atoms with E-state index in [0.29, 0.717) is 22.5 Å². The molecular formula is C21H25N3O3S. The second-order valence-corrected chi connectivity index (χ2v) is 9.40. The highest BCUT2D eigenvalue weighted by Crippen LogP contribution is 2.60. The third kappa shape index (κ3) is 2.96. The predicted molar refractivity (Wildman–Crippen MR) is 108 cm³/mol. The number of carbonyl (C=O) groups is 1. The summed E-state index contributed by atoms with van der Waals surface area (Å²) in [5.41, 5.74) is 0.661. The molecule has 7 heteroatoms. The van der Waals surface area contributed by atoms with Crippen molar-refractivity contribution in [1.82, 2.24) is 9.36 Å². The number of benzene rings is 1. The molecule has 4 saturated carbocycles. The van der Waals surface area contributed by atoms with E-state index in [4.69, 9.17) is 9.47 Å². The third-order valence-electron chi connectivity index (χ3n) is 6.81. The molecule has 148 valence electrons. The number of hydrogen-bond donors (Lipinski definition) is 1. The first-order valence-electron chi connectivity index (χ1n) is 9.96. The van der Waals surface area contributed by atoms with Crippen molar-refractivity contribution in [3.05, 3.63) is 18.2 Å². The Labute approximate surface area is 168 Å². The highest BCUT2D eigenvalue weighted by Gasteiger charge is 2.54. The van der Waals surface area contributed by atoms with Crippen LogP contribution in [0.2, 0.25) is 0 Å². The topological polar surface area (TPSA) is 73.3 Å². The number of nitrogens with one attached hydrogen (secondary N) is 1. The van der Waals surface area contributed by atoms with Gasteiger partial charge in [0, 0.05) is 17.1 Å². The van der Waals surface area contributed by atoms with Gasteiger partial charge in [-0.15, -0.1) is 0 Å². The van der Waals surface area contributed by atoms with Crippen molar-refractivity contribution < 1.29 is 14.3 Å². The van der Waals surface area contributed by atoms with E-state index in [1.165, 1.54) is 30.8 Å². The van der Waals surface area contributed by atoms with E-state index in [1.54, 1.807) is 14.2 Å². The normalized spacial score (nSPS) is 30.3. The summed E-state index contributed by atoms with van der Waals surface area (Å²) in [4.78, 5) is 17.7. The minimum absolute atomic E-state index is 0.154. The molecule has 2 aromatic rings. The predicted octanol–water partition coefficient (Wildman–Crippen LogP) is 4.38. The lowest BCUT2D eigenvalue weighted by Crippen LogP contribution is -2.51. The van der Waals surface area contributed by atoms with Crippen molar-refractivity contribution in [1.29, 1.82) is 0 Å². The van der Waals surface area contributed by atoms with Gasteiger partial charge in [-0.3, -0.25) is 4.79 Å². The van der Waals surface area contributed by atoms with Crippen LogP contribution in [0.1, 0.15) is 38.5 Å². The highest BCUT2D eigenvalue weighted by atomic mass is 32.1. The number of aromatic nitrogens is 2. The van der Waals surface area contributed by atoms with Gasteiger partial charge >= 0.3 is 0 Å². The van der Waals surface area contributed by atoms with Gasteiger partial charge in [-0.05, 0) is 74.5 Å². The van der Waals surface area contributed by atoms with Crippen LogP contribution in [0.3, 0.4) is 0 Å². The SMILES string of the molecule is COc1ccc(-c2nsc(NC(=O)C34CC5CC(CC(C5)C3)C4)n2)cc1OC. The first-order chi connectivity index (χ1) is 13.6. The van der Waals surface area contributed by atoms with Gasteiger partial charge in [0.1, 0.15) is 0 Å². The number of nitrogens with zero attached hydrogens (tertiary/aromatic N) is 2. The van der Waals surface area contributed by atoms with Crippen molar-refractivity contribution in [2.45, 2.75) is 38.5 Å². The zero-order valence-corrected chi connectivity index (χ0v) is 17.1. The van der Waals surface area contributed by atoms with Crippen LogP contribution < -0.4 is 14.8 Å². The van der Waals surface area contributed by atoms with E-state index < -0.39 is 0 Å². The minimum atomic E-state index is -0.177. The molecule has 0 unspecified atom stereocenters. The Morgan fingerprint density at radius 3 is 2.32 bits per heavy atom. The molecule has 0 spiro atoms. The summed E-state index contributed by atoms with van der Waals surface area (Å²) in [7, 11) is 3.21. The van der Waals surface area contributed by atoms with Crippen molar-refractivity contribution >= 4 is 22.6 Å². The third-order valence-corrected chi connectivity index (χ3v) is 7.44. The molecule has 0 saturated heterocycles. The number of ether oxygens (including phenoxy) is 2. The summed E-state index contributed by atoms with van der Waals surface area (Å²) in [6, 6.07) is 5.59. The quantitative estimate of drug-likeness (QED) is 0.808. The maximum absolute atomic E-state index is 13.2. The fourth-order valence-corrected chi connectivity index (χ4v) is 6.57. The van der Waals surface area contributed by atoms with Crippen LogP contribution in [0.25, 0.3) is 11.4 Å². The van der Waals surface area contributed by atoms with Gasteiger partial charge in [0.05, 0.1) is 19.6 Å². The van der Waals surface area contributed by atoms with E-state index in [2.05, 4.69) is 14.7 Å². The Morgan fingerprint density at radius 2 is 1.71 bits per heavy atom. The smallest absolute Gasteiger partial charge is 0.232 e. The Hall–Kier alpha value is -2.15. The van der Waals surface area contributed by atoms with Gasteiger partial charge in [0.25, 0.3) is 0 Å². The van der Waals surface area contributed by atoms with Gasteiger partial charge in [0.15, 0.2) is 17.3 Å². The Balaban J connectivity index is 1.34. The average Bonchev–Trinajstić information content (AvgIpc) is 3.15. The first kappa shape index (κ1) is 17.9. The van der Waals surface area contributed by atoms with E-state index in [1.807, 2.05) is 18.2 Å². The molecule has 6 nitrogen and oxygen atoms in total. The number of anilines is 1. The fourth-order valence-electron chi connectivity index (χ4n) is 5.99. The van der Waals surface area contributed by atoms with Crippen LogP contribution in [-0.2, 0) is 4.79 Å². The number of carbonyl (C=O) groups excluding carboxylic acids is 1. The molecule has 1 aromatic carbocycles. The van der Waals surface area contributed by atoms with Crippen LogP contribution in [0.5, 0.6) is 11.5 Å². The Kier molecular flexibility index (Phi) is 4.30. The molecule has 0 aliphatic heterocycles. The van der Waals surface area contributed by atoms with E-state index in [0.717, 1.165) is 42.6 Å². The standard InChI is InChI=1S/C21H25N3O3S/c1-26-16-4-3-15(8-17(16)27-2)18-22-20(28-24-18)23-19(25)21-9-12-5-13(10-21)7-14(6-12)11-21/h3-4,8,12-14H,5-7,9-11H2,1-2H3,(H,22,23,24,25). The Bertz CT molecular complexity index is 875. The number of rotatable bonds is 5. The van der Waals surface area contributed by atoms with E-state index >= 15 is 0 Å². The van der Waals surface area contributed by atoms with Gasteiger partial charge in [-0.1, -0.05) is 0 Å². The van der Waals surface area contributed by atoms with Crippen LogP contribution >= 0.6 is 11.5 Å². The van der Waals surface area contributed by atoms with Crippen molar-refractivity contribution in [3.63, 3.8) is 0 Å². The lowest BCUT2D eigenvalue weighted by Gasteiger charge is -2.55. The lowest BCUT2D eigenvalue weighted by molar-refractivity contribution is -0.140. The molecule has 0 radical (unpaired) electrons. The molecule has 6 rings (SSSR count). The lowest BCUT2D eigenvalue weighted by atomic mass is 9.49. The van der Waals surface area contributed by atoms with Crippen LogP contribution in [-0.4, -0.2) is 29.5 Å². The maximum Gasteiger partial charge on any atom is 0.232 e. The monoisotopic (exact) mass is 399 g/mol.